The summed E-state index contributed by atoms with van der Waals surface area (Å²) >= 11 is 0. The highest BCUT2D eigenvalue weighted by Crippen LogP contribution is 2.27. The lowest BCUT2D eigenvalue weighted by atomic mass is 10.2. The first-order valence-electron chi connectivity index (χ1n) is 7.29. The van der Waals surface area contributed by atoms with E-state index in [1.54, 1.807) is 12.1 Å². The number of nitrogens with zero attached hydrogens (tertiary/aromatic N) is 1. The number of carbonyl (C=O) groups is 2. The SMILES string of the molecule is Cl.O=C(Nc1ccc(N2CCCC2=O)c(F)c1)C1CCCN1. The summed E-state index contributed by atoms with van der Waals surface area (Å²) in [6, 6.07) is 4.26. The molecule has 0 saturated carbocycles. The Kier molecular flexibility index (Phi) is 5.37. The van der Waals surface area contributed by atoms with E-state index < -0.39 is 5.82 Å². The van der Waals surface area contributed by atoms with Crippen LogP contribution in [0.4, 0.5) is 15.8 Å². The Bertz CT molecular complexity index is 576. The third kappa shape index (κ3) is 3.39. The highest BCUT2D eigenvalue weighted by molar-refractivity contribution is 5.97. The van der Waals surface area contributed by atoms with Crippen LogP contribution in [0.5, 0.6) is 0 Å². The molecule has 1 atom stereocenters. The van der Waals surface area contributed by atoms with E-state index in [1.165, 1.54) is 11.0 Å². The Labute approximate surface area is 134 Å². The quantitative estimate of drug-likeness (QED) is 0.893. The lowest BCUT2D eigenvalue weighted by Crippen LogP contribution is -2.35. The lowest BCUT2D eigenvalue weighted by molar-refractivity contribution is -0.118. The molecule has 0 aliphatic carbocycles. The van der Waals surface area contributed by atoms with Crippen molar-refractivity contribution in [3.05, 3.63) is 24.0 Å². The molecule has 2 fully saturated rings. The number of halogens is 2. The molecule has 2 aliphatic rings. The van der Waals surface area contributed by atoms with Gasteiger partial charge in [0.05, 0.1) is 11.7 Å². The van der Waals surface area contributed by atoms with Crippen molar-refractivity contribution in [2.75, 3.05) is 23.3 Å². The van der Waals surface area contributed by atoms with E-state index in [-0.39, 0.29) is 36.0 Å². The summed E-state index contributed by atoms with van der Waals surface area (Å²) in [6.07, 6.45) is 2.99. The van der Waals surface area contributed by atoms with E-state index >= 15 is 0 Å². The second-order valence-electron chi connectivity index (χ2n) is 5.45. The third-order valence-corrected chi connectivity index (χ3v) is 3.96. The number of hydrogen-bond donors (Lipinski definition) is 2. The van der Waals surface area contributed by atoms with Crippen molar-refractivity contribution in [2.24, 2.45) is 0 Å². The maximum Gasteiger partial charge on any atom is 0.241 e. The normalized spacial score (nSPS) is 20.9. The molecular weight excluding hydrogens is 309 g/mol. The van der Waals surface area contributed by atoms with Crippen molar-refractivity contribution in [3.8, 4) is 0 Å². The summed E-state index contributed by atoms with van der Waals surface area (Å²) in [4.78, 5) is 25.1. The van der Waals surface area contributed by atoms with Crippen molar-refractivity contribution >= 4 is 35.6 Å². The van der Waals surface area contributed by atoms with E-state index in [1.807, 2.05) is 0 Å². The van der Waals surface area contributed by atoms with Crippen molar-refractivity contribution in [1.82, 2.24) is 5.32 Å². The van der Waals surface area contributed by atoms with Crippen LogP contribution >= 0.6 is 12.4 Å². The minimum Gasteiger partial charge on any atom is -0.325 e. The first-order chi connectivity index (χ1) is 10.1. The van der Waals surface area contributed by atoms with Gasteiger partial charge in [0.1, 0.15) is 5.82 Å². The van der Waals surface area contributed by atoms with Crippen LogP contribution in [0.1, 0.15) is 25.7 Å². The molecule has 1 aromatic carbocycles. The Morgan fingerprint density at radius 2 is 2.18 bits per heavy atom. The number of rotatable bonds is 3. The van der Waals surface area contributed by atoms with Crippen LogP contribution in [-0.4, -0.2) is 30.9 Å². The highest BCUT2D eigenvalue weighted by atomic mass is 35.5. The summed E-state index contributed by atoms with van der Waals surface area (Å²) in [6.45, 7) is 1.38. The maximum atomic E-state index is 14.1. The fourth-order valence-corrected chi connectivity index (χ4v) is 2.84. The monoisotopic (exact) mass is 327 g/mol. The van der Waals surface area contributed by atoms with Crippen LogP contribution in [0.3, 0.4) is 0 Å². The zero-order valence-corrected chi connectivity index (χ0v) is 12.9. The van der Waals surface area contributed by atoms with Crippen LogP contribution in [0.15, 0.2) is 18.2 Å². The Morgan fingerprint density at radius 3 is 2.77 bits per heavy atom. The van der Waals surface area contributed by atoms with Crippen molar-refractivity contribution in [2.45, 2.75) is 31.7 Å². The molecule has 1 aromatic rings. The first-order valence-corrected chi connectivity index (χ1v) is 7.29. The molecule has 0 radical (unpaired) electrons. The van der Waals surface area contributed by atoms with Gasteiger partial charge in [-0.15, -0.1) is 12.4 Å². The molecule has 0 bridgehead atoms. The number of benzene rings is 1. The summed E-state index contributed by atoms with van der Waals surface area (Å²) in [5.41, 5.74) is 0.705. The molecule has 2 saturated heterocycles. The number of nitrogens with one attached hydrogen (secondary N) is 2. The van der Waals surface area contributed by atoms with Crippen molar-refractivity contribution in [3.63, 3.8) is 0 Å². The van der Waals surface area contributed by atoms with Crippen LogP contribution in [0.25, 0.3) is 0 Å². The predicted molar refractivity (Wildman–Crippen MR) is 84.9 cm³/mol. The van der Waals surface area contributed by atoms with E-state index in [0.29, 0.717) is 18.7 Å². The second-order valence-corrected chi connectivity index (χ2v) is 5.45. The largest absolute Gasteiger partial charge is 0.325 e. The summed E-state index contributed by atoms with van der Waals surface area (Å²) in [5.74, 6) is -0.680. The van der Waals surface area contributed by atoms with Crippen LogP contribution in [-0.2, 0) is 9.59 Å². The van der Waals surface area contributed by atoms with Gasteiger partial charge in [0, 0.05) is 18.7 Å². The topological polar surface area (TPSA) is 61.4 Å². The fraction of sp³-hybridized carbons (Fsp3) is 0.467. The van der Waals surface area contributed by atoms with E-state index in [4.69, 9.17) is 0 Å². The van der Waals surface area contributed by atoms with Crippen LogP contribution in [0, 0.1) is 5.82 Å². The van der Waals surface area contributed by atoms with E-state index in [2.05, 4.69) is 10.6 Å². The molecule has 1 unspecified atom stereocenters. The molecule has 22 heavy (non-hydrogen) atoms. The Balaban J connectivity index is 0.00000176. The zero-order valence-electron chi connectivity index (χ0n) is 12.1. The van der Waals surface area contributed by atoms with Gasteiger partial charge in [-0.1, -0.05) is 0 Å². The van der Waals surface area contributed by atoms with Gasteiger partial charge in [-0.3, -0.25) is 9.59 Å². The van der Waals surface area contributed by atoms with Gasteiger partial charge >= 0.3 is 0 Å². The maximum absolute atomic E-state index is 14.1. The van der Waals surface area contributed by atoms with Gasteiger partial charge < -0.3 is 15.5 Å². The minimum atomic E-state index is -0.484. The molecule has 5 nitrogen and oxygen atoms in total. The summed E-state index contributed by atoms with van der Waals surface area (Å²) in [7, 11) is 0. The Morgan fingerprint density at radius 1 is 1.36 bits per heavy atom. The zero-order chi connectivity index (χ0) is 14.8. The van der Waals surface area contributed by atoms with Gasteiger partial charge in [-0.05, 0) is 44.0 Å². The predicted octanol–water partition coefficient (Wildman–Crippen LogP) is 2.06. The van der Waals surface area contributed by atoms with Crippen molar-refractivity contribution in [1.29, 1.82) is 0 Å². The van der Waals surface area contributed by atoms with Gasteiger partial charge in [0.2, 0.25) is 11.8 Å². The van der Waals surface area contributed by atoms with Gasteiger partial charge in [-0.25, -0.2) is 4.39 Å². The average molecular weight is 328 g/mol. The molecular formula is C15H19ClFN3O2. The van der Waals surface area contributed by atoms with Gasteiger partial charge in [0.25, 0.3) is 0 Å². The number of anilines is 2. The molecule has 3 rings (SSSR count). The summed E-state index contributed by atoms with van der Waals surface area (Å²) < 4.78 is 14.1. The minimum absolute atomic E-state index is 0. The molecule has 2 amide bonds. The average Bonchev–Trinajstić information content (AvgIpc) is 3.10. The molecule has 0 aromatic heterocycles. The highest BCUT2D eigenvalue weighted by Gasteiger charge is 2.25. The second kappa shape index (κ2) is 7.07. The number of carbonyl (C=O) groups excluding carboxylic acids is 2. The number of hydrogen-bond acceptors (Lipinski definition) is 3. The van der Waals surface area contributed by atoms with Gasteiger partial charge in [-0.2, -0.15) is 0 Å². The molecule has 2 aliphatic heterocycles. The smallest absolute Gasteiger partial charge is 0.241 e. The van der Waals surface area contributed by atoms with E-state index in [0.717, 1.165) is 25.8 Å². The molecule has 2 heterocycles. The molecule has 0 spiro atoms. The van der Waals surface area contributed by atoms with Crippen molar-refractivity contribution < 1.29 is 14.0 Å². The standard InChI is InChI=1S/C15H18FN3O2.ClH/c16-11-9-10(18-15(21)12-3-1-7-17-12)5-6-13(11)19-8-2-4-14(19)20;/h5-6,9,12,17H,1-4,7-8H2,(H,18,21);1H. The molecule has 120 valence electrons. The lowest BCUT2D eigenvalue weighted by Gasteiger charge is -2.17. The fourth-order valence-electron chi connectivity index (χ4n) is 2.84. The first kappa shape index (κ1) is 16.7. The van der Waals surface area contributed by atoms with E-state index in [9.17, 15) is 14.0 Å². The van der Waals surface area contributed by atoms with Crippen LogP contribution in [0.2, 0.25) is 0 Å². The number of amides is 2. The van der Waals surface area contributed by atoms with Gasteiger partial charge in [0.15, 0.2) is 0 Å². The van der Waals surface area contributed by atoms with Crippen LogP contribution < -0.4 is 15.5 Å². The molecule has 7 heteroatoms. The third-order valence-electron chi connectivity index (χ3n) is 3.96. The Hall–Kier alpha value is -1.66. The summed E-state index contributed by atoms with van der Waals surface area (Å²) in [5, 5.41) is 5.80. The molecule has 2 N–H and O–H groups in total.